The molecule has 0 amide bonds. The van der Waals surface area contributed by atoms with Crippen LogP contribution in [0.1, 0.15) is 46.4 Å². The zero-order valence-corrected chi connectivity index (χ0v) is 19.1. The van der Waals surface area contributed by atoms with Crippen LogP contribution >= 0.6 is 0 Å². The second-order valence-electron chi connectivity index (χ2n) is 8.32. The van der Waals surface area contributed by atoms with Gasteiger partial charge < -0.3 is 18.9 Å². The van der Waals surface area contributed by atoms with Crippen molar-refractivity contribution < 1.29 is 28.5 Å². The van der Waals surface area contributed by atoms with Crippen molar-refractivity contribution in [3.05, 3.63) is 64.8 Å². The third-order valence-electron chi connectivity index (χ3n) is 6.26. The van der Waals surface area contributed by atoms with Gasteiger partial charge in [0.05, 0.1) is 37.6 Å². The maximum Gasteiger partial charge on any atom is 0.347 e. The molecule has 1 aliphatic heterocycles. The van der Waals surface area contributed by atoms with Gasteiger partial charge in [-0.25, -0.2) is 14.6 Å². The molecule has 2 aromatic carbocycles. The average molecular weight is 459 g/mol. The number of allylic oxidation sites excluding steroid dienone is 1. The highest BCUT2D eigenvalue weighted by molar-refractivity contribution is 6.07. The average Bonchev–Trinajstić information content (AvgIpc) is 3.26. The van der Waals surface area contributed by atoms with Gasteiger partial charge in [0, 0.05) is 11.8 Å². The zero-order valence-electron chi connectivity index (χ0n) is 19.1. The van der Waals surface area contributed by atoms with E-state index in [1.165, 1.54) is 0 Å². The van der Waals surface area contributed by atoms with E-state index in [1.807, 2.05) is 42.5 Å². The van der Waals surface area contributed by atoms with E-state index in [4.69, 9.17) is 23.9 Å². The fourth-order valence-corrected chi connectivity index (χ4v) is 4.62. The van der Waals surface area contributed by atoms with Crippen molar-refractivity contribution in [1.29, 1.82) is 0 Å². The first-order chi connectivity index (χ1) is 16.6. The van der Waals surface area contributed by atoms with Gasteiger partial charge in [-0.05, 0) is 60.2 Å². The van der Waals surface area contributed by atoms with E-state index in [-0.39, 0.29) is 6.61 Å². The Morgan fingerprint density at radius 2 is 1.91 bits per heavy atom. The number of esters is 2. The maximum atomic E-state index is 13.3. The summed E-state index contributed by atoms with van der Waals surface area (Å²) in [6, 6.07) is 13.3. The molecular weight excluding hydrogens is 434 g/mol. The third-order valence-corrected chi connectivity index (χ3v) is 6.26. The van der Waals surface area contributed by atoms with Crippen molar-refractivity contribution in [3.63, 3.8) is 0 Å². The number of methoxy groups -OCH3 is 2. The normalized spacial score (nSPS) is 18.5. The molecular formula is C27H25NO6. The van der Waals surface area contributed by atoms with Crippen molar-refractivity contribution in [1.82, 2.24) is 4.98 Å². The van der Waals surface area contributed by atoms with Gasteiger partial charge in [-0.1, -0.05) is 24.3 Å². The lowest BCUT2D eigenvalue weighted by Gasteiger charge is -2.23. The summed E-state index contributed by atoms with van der Waals surface area (Å²) in [5, 5.41) is 0.727. The van der Waals surface area contributed by atoms with E-state index in [0.717, 1.165) is 40.6 Å². The van der Waals surface area contributed by atoms with E-state index in [9.17, 15) is 9.59 Å². The topological polar surface area (TPSA) is 84.0 Å². The molecule has 2 heterocycles. The van der Waals surface area contributed by atoms with Crippen LogP contribution in [0.4, 0.5) is 0 Å². The van der Waals surface area contributed by atoms with E-state index in [2.05, 4.69) is 6.08 Å². The number of benzene rings is 2. The number of nitrogens with zero attached hydrogens (tertiary/aromatic N) is 1. The molecule has 34 heavy (non-hydrogen) atoms. The van der Waals surface area contributed by atoms with Crippen molar-refractivity contribution in [2.24, 2.45) is 0 Å². The molecule has 0 bridgehead atoms. The summed E-state index contributed by atoms with van der Waals surface area (Å²) >= 11 is 0. The Labute approximate surface area is 197 Å². The zero-order chi connectivity index (χ0) is 23.7. The molecule has 1 unspecified atom stereocenters. The highest BCUT2D eigenvalue weighted by Crippen LogP contribution is 2.37. The van der Waals surface area contributed by atoms with Crippen LogP contribution in [-0.4, -0.2) is 43.9 Å². The highest BCUT2D eigenvalue weighted by atomic mass is 16.6. The molecule has 1 fully saturated rings. The Balaban J connectivity index is 1.61. The van der Waals surface area contributed by atoms with Gasteiger partial charge >= 0.3 is 11.9 Å². The van der Waals surface area contributed by atoms with Crippen molar-refractivity contribution in [2.75, 3.05) is 20.8 Å². The minimum atomic E-state index is -0.861. The number of carbonyl (C=O) groups excluding carboxylic acids is 2. The number of pyridine rings is 1. The number of rotatable bonds is 5. The number of ether oxygens (including phenoxy) is 4. The first-order valence-electron chi connectivity index (χ1n) is 11.3. The summed E-state index contributed by atoms with van der Waals surface area (Å²) in [6.45, 7) is 0.268. The van der Waals surface area contributed by atoms with E-state index in [1.54, 1.807) is 14.2 Å². The lowest BCUT2D eigenvalue weighted by atomic mass is 9.86. The fraction of sp³-hybridized carbons (Fsp3) is 0.296. The van der Waals surface area contributed by atoms with Crippen LogP contribution in [0.15, 0.2) is 42.5 Å². The smallest absolute Gasteiger partial charge is 0.347 e. The van der Waals surface area contributed by atoms with Crippen LogP contribution in [-0.2, 0) is 20.7 Å². The van der Waals surface area contributed by atoms with Crippen molar-refractivity contribution in [3.8, 4) is 11.5 Å². The molecule has 2 aliphatic rings. The lowest BCUT2D eigenvalue weighted by molar-refractivity contribution is -0.145. The Morgan fingerprint density at radius 3 is 2.68 bits per heavy atom. The minimum Gasteiger partial charge on any atom is -0.493 e. The summed E-state index contributed by atoms with van der Waals surface area (Å²) < 4.78 is 21.4. The SMILES string of the molecule is COc1ccc(/C=C2\CCCc3c2nc2ccccc2c3C(=O)OC2CCOC2=O)cc1OC. The first-order valence-corrected chi connectivity index (χ1v) is 11.3. The quantitative estimate of drug-likeness (QED) is 0.516. The van der Waals surface area contributed by atoms with Gasteiger partial charge in [-0.3, -0.25) is 0 Å². The number of fused-ring (bicyclic) bond motifs is 2. The molecule has 0 spiro atoms. The lowest BCUT2D eigenvalue weighted by Crippen LogP contribution is -2.24. The van der Waals surface area contributed by atoms with E-state index in [0.29, 0.717) is 35.4 Å². The number of cyclic esters (lactones) is 1. The predicted molar refractivity (Wildman–Crippen MR) is 127 cm³/mol. The molecule has 0 radical (unpaired) electrons. The molecule has 7 heteroatoms. The number of hydrogen-bond donors (Lipinski definition) is 0. The molecule has 174 valence electrons. The van der Waals surface area contributed by atoms with Crippen molar-refractivity contribution in [2.45, 2.75) is 31.8 Å². The summed E-state index contributed by atoms with van der Waals surface area (Å²) in [6.07, 6.45) is 4.00. The van der Waals surface area contributed by atoms with Gasteiger partial charge in [-0.2, -0.15) is 0 Å². The Kier molecular flexibility index (Phi) is 5.92. The number of para-hydroxylation sites is 1. The predicted octanol–water partition coefficient (Wildman–Crippen LogP) is 4.60. The van der Waals surface area contributed by atoms with Gasteiger partial charge in [0.25, 0.3) is 0 Å². The summed E-state index contributed by atoms with van der Waals surface area (Å²) in [5.74, 6) is 0.307. The van der Waals surface area contributed by atoms with Gasteiger partial charge in [-0.15, -0.1) is 0 Å². The number of aromatic nitrogens is 1. The molecule has 1 aliphatic carbocycles. The summed E-state index contributed by atoms with van der Waals surface area (Å²) in [5.41, 5.74) is 4.83. The highest BCUT2D eigenvalue weighted by Gasteiger charge is 2.33. The molecule has 0 N–H and O–H groups in total. The minimum absolute atomic E-state index is 0.268. The standard InChI is InChI=1S/C27H25NO6/c1-31-21-11-10-16(15-23(21)32-2)14-17-6-5-8-19-24(27(30)34-22-12-13-33-26(22)29)18-7-3-4-9-20(18)28-25(17)19/h3-4,7,9-11,14-15,22H,5-6,8,12-13H2,1-2H3/b17-14+. The summed E-state index contributed by atoms with van der Waals surface area (Å²) in [4.78, 5) is 30.2. The second-order valence-corrected chi connectivity index (χ2v) is 8.32. The van der Waals surface area contributed by atoms with Crippen LogP contribution < -0.4 is 9.47 Å². The first kappa shape index (κ1) is 21.9. The molecule has 1 atom stereocenters. The Morgan fingerprint density at radius 1 is 1.09 bits per heavy atom. The monoisotopic (exact) mass is 459 g/mol. The molecule has 5 rings (SSSR count). The maximum absolute atomic E-state index is 13.3. The van der Waals surface area contributed by atoms with Gasteiger partial charge in [0.2, 0.25) is 6.10 Å². The van der Waals surface area contributed by atoms with Crippen LogP contribution in [0.2, 0.25) is 0 Å². The number of hydrogen-bond acceptors (Lipinski definition) is 7. The molecule has 3 aromatic rings. The van der Waals surface area contributed by atoms with Crippen LogP contribution in [0.25, 0.3) is 22.6 Å². The number of carbonyl (C=O) groups is 2. The molecule has 1 saturated heterocycles. The van der Waals surface area contributed by atoms with E-state index >= 15 is 0 Å². The molecule has 0 saturated carbocycles. The molecule has 7 nitrogen and oxygen atoms in total. The van der Waals surface area contributed by atoms with Crippen LogP contribution in [0, 0.1) is 0 Å². The molecule has 1 aromatic heterocycles. The Hall–Kier alpha value is -3.87. The second kappa shape index (κ2) is 9.17. The van der Waals surface area contributed by atoms with Crippen LogP contribution in [0.3, 0.4) is 0 Å². The van der Waals surface area contributed by atoms with E-state index < -0.39 is 18.0 Å². The largest absolute Gasteiger partial charge is 0.493 e. The summed E-state index contributed by atoms with van der Waals surface area (Å²) in [7, 11) is 3.21. The van der Waals surface area contributed by atoms with Crippen LogP contribution in [0.5, 0.6) is 11.5 Å². The Bertz CT molecular complexity index is 1310. The fourth-order valence-electron chi connectivity index (χ4n) is 4.62. The van der Waals surface area contributed by atoms with Gasteiger partial charge in [0.15, 0.2) is 11.5 Å². The van der Waals surface area contributed by atoms with Crippen molar-refractivity contribution >= 4 is 34.5 Å². The van der Waals surface area contributed by atoms with Gasteiger partial charge in [0.1, 0.15) is 0 Å². The third kappa shape index (κ3) is 3.98.